The predicted octanol–water partition coefficient (Wildman–Crippen LogP) is 2.54. The Kier molecular flexibility index (Phi) is 3.58. The molecule has 0 saturated carbocycles. The minimum absolute atomic E-state index is 0.0119. The second kappa shape index (κ2) is 4.49. The van der Waals surface area contributed by atoms with Crippen molar-refractivity contribution in [3.63, 3.8) is 0 Å². The largest absolute Gasteiger partial charge is 0.492 e. The average molecular weight is 201 g/mol. The quantitative estimate of drug-likeness (QED) is 0.813. The molecule has 0 heterocycles. The van der Waals surface area contributed by atoms with E-state index in [-0.39, 0.29) is 6.61 Å². The number of hydrogen-bond donors (Lipinski definition) is 1. The Morgan fingerprint density at radius 3 is 2.69 bits per heavy atom. The number of aryl methyl sites for hydroxylation is 1. The molecule has 1 rings (SSSR count). The molecule has 2 nitrogen and oxygen atoms in total. The molecule has 0 saturated heterocycles. The van der Waals surface area contributed by atoms with Crippen LogP contribution in [0.5, 0.6) is 5.75 Å². The van der Waals surface area contributed by atoms with E-state index in [1.54, 1.807) is 6.07 Å². The summed E-state index contributed by atoms with van der Waals surface area (Å²) in [6.45, 7) is 4.44. The van der Waals surface area contributed by atoms with E-state index in [1.807, 2.05) is 19.9 Å². The molecule has 0 spiro atoms. The molecule has 0 bridgehead atoms. The van der Waals surface area contributed by atoms with Gasteiger partial charge < -0.3 is 9.84 Å². The van der Waals surface area contributed by atoms with Crippen LogP contribution in [0.4, 0.5) is 0 Å². The molecule has 0 amide bonds. The first-order chi connectivity index (χ1) is 6.19. The second-order valence-corrected chi connectivity index (χ2v) is 3.21. The molecule has 1 N–H and O–H groups in total. The van der Waals surface area contributed by atoms with Gasteiger partial charge in [0.1, 0.15) is 5.75 Å². The van der Waals surface area contributed by atoms with Gasteiger partial charge in [-0.25, -0.2) is 0 Å². The van der Waals surface area contributed by atoms with Crippen LogP contribution in [0.2, 0.25) is 5.02 Å². The summed E-state index contributed by atoms with van der Waals surface area (Å²) < 4.78 is 5.30. The number of halogens is 1. The van der Waals surface area contributed by atoms with Crippen molar-refractivity contribution in [2.45, 2.75) is 20.5 Å². The number of aliphatic hydroxyl groups is 1. The number of rotatable bonds is 3. The van der Waals surface area contributed by atoms with Gasteiger partial charge in [0.15, 0.2) is 0 Å². The molecule has 72 valence electrons. The van der Waals surface area contributed by atoms with E-state index in [4.69, 9.17) is 21.4 Å². The Balaban J connectivity index is 3.05. The summed E-state index contributed by atoms with van der Waals surface area (Å²) in [7, 11) is 0. The predicted molar refractivity (Wildman–Crippen MR) is 53.3 cm³/mol. The minimum Gasteiger partial charge on any atom is -0.492 e. The molecule has 0 aromatic heterocycles. The first-order valence-corrected chi connectivity index (χ1v) is 4.59. The Morgan fingerprint density at radius 2 is 2.15 bits per heavy atom. The molecule has 0 aliphatic rings. The third-order valence-electron chi connectivity index (χ3n) is 1.86. The lowest BCUT2D eigenvalue weighted by Crippen LogP contribution is -1.95. The van der Waals surface area contributed by atoms with Gasteiger partial charge in [-0.05, 0) is 37.1 Å². The molecule has 0 aliphatic carbocycles. The van der Waals surface area contributed by atoms with Crippen LogP contribution in [0.1, 0.15) is 18.1 Å². The van der Waals surface area contributed by atoms with E-state index < -0.39 is 0 Å². The highest BCUT2D eigenvalue weighted by Gasteiger charge is 2.05. The Morgan fingerprint density at radius 1 is 1.46 bits per heavy atom. The van der Waals surface area contributed by atoms with Crippen LogP contribution in [0, 0.1) is 6.92 Å². The fraction of sp³-hybridized carbons (Fsp3) is 0.400. The standard InChI is InChI=1S/C10H13ClO2/c1-3-13-10-4-7(2)8(6-12)5-9(10)11/h4-5,12H,3,6H2,1-2H3. The fourth-order valence-corrected chi connectivity index (χ4v) is 1.37. The highest BCUT2D eigenvalue weighted by Crippen LogP contribution is 2.28. The highest BCUT2D eigenvalue weighted by molar-refractivity contribution is 6.32. The van der Waals surface area contributed by atoms with Crippen molar-refractivity contribution < 1.29 is 9.84 Å². The molecular weight excluding hydrogens is 188 g/mol. The molecule has 0 fully saturated rings. The van der Waals surface area contributed by atoms with Crippen molar-refractivity contribution in [3.8, 4) is 5.75 Å². The number of aliphatic hydroxyl groups excluding tert-OH is 1. The van der Waals surface area contributed by atoms with Crippen molar-refractivity contribution in [1.82, 2.24) is 0 Å². The van der Waals surface area contributed by atoms with Crippen LogP contribution in [0.25, 0.3) is 0 Å². The Labute approximate surface area is 83.1 Å². The van der Waals surface area contributed by atoms with E-state index in [0.717, 1.165) is 11.1 Å². The van der Waals surface area contributed by atoms with Gasteiger partial charge in [0.05, 0.1) is 18.2 Å². The summed E-state index contributed by atoms with van der Waals surface area (Å²) >= 11 is 5.92. The van der Waals surface area contributed by atoms with Crippen LogP contribution >= 0.6 is 11.6 Å². The topological polar surface area (TPSA) is 29.5 Å². The monoisotopic (exact) mass is 200 g/mol. The number of hydrogen-bond acceptors (Lipinski definition) is 2. The third-order valence-corrected chi connectivity index (χ3v) is 2.16. The van der Waals surface area contributed by atoms with Gasteiger partial charge in [-0.1, -0.05) is 11.6 Å². The Bertz CT molecular complexity index is 297. The summed E-state index contributed by atoms with van der Waals surface area (Å²) in [6.07, 6.45) is 0. The molecule has 13 heavy (non-hydrogen) atoms. The van der Waals surface area contributed by atoms with Gasteiger partial charge in [-0.2, -0.15) is 0 Å². The zero-order chi connectivity index (χ0) is 9.84. The maximum Gasteiger partial charge on any atom is 0.138 e. The fourth-order valence-electron chi connectivity index (χ4n) is 1.13. The van der Waals surface area contributed by atoms with Crippen molar-refractivity contribution in [2.24, 2.45) is 0 Å². The van der Waals surface area contributed by atoms with Gasteiger partial charge in [0.25, 0.3) is 0 Å². The van der Waals surface area contributed by atoms with Crippen molar-refractivity contribution in [1.29, 1.82) is 0 Å². The maximum atomic E-state index is 8.96. The van der Waals surface area contributed by atoms with Crippen molar-refractivity contribution in [3.05, 3.63) is 28.3 Å². The first kappa shape index (κ1) is 10.4. The van der Waals surface area contributed by atoms with Crippen molar-refractivity contribution in [2.75, 3.05) is 6.61 Å². The summed E-state index contributed by atoms with van der Waals surface area (Å²) in [5.41, 5.74) is 1.84. The highest BCUT2D eigenvalue weighted by atomic mass is 35.5. The van der Waals surface area contributed by atoms with E-state index in [1.165, 1.54) is 0 Å². The molecule has 0 atom stereocenters. The lowest BCUT2D eigenvalue weighted by atomic mass is 10.1. The summed E-state index contributed by atoms with van der Waals surface area (Å²) in [4.78, 5) is 0. The van der Waals surface area contributed by atoms with Crippen LogP contribution in [-0.2, 0) is 6.61 Å². The van der Waals surface area contributed by atoms with Gasteiger partial charge >= 0.3 is 0 Å². The second-order valence-electron chi connectivity index (χ2n) is 2.80. The minimum atomic E-state index is 0.0119. The summed E-state index contributed by atoms with van der Waals surface area (Å²) in [6, 6.07) is 3.58. The van der Waals surface area contributed by atoms with Gasteiger partial charge in [0.2, 0.25) is 0 Å². The summed E-state index contributed by atoms with van der Waals surface area (Å²) in [5.74, 6) is 0.680. The number of ether oxygens (including phenoxy) is 1. The summed E-state index contributed by atoms with van der Waals surface area (Å²) in [5, 5.41) is 9.52. The van der Waals surface area contributed by atoms with E-state index in [0.29, 0.717) is 17.4 Å². The molecule has 1 aromatic rings. The SMILES string of the molecule is CCOc1cc(C)c(CO)cc1Cl. The third kappa shape index (κ3) is 2.36. The van der Waals surface area contributed by atoms with Gasteiger partial charge in [0, 0.05) is 0 Å². The zero-order valence-corrected chi connectivity index (χ0v) is 8.56. The Hall–Kier alpha value is -0.730. The van der Waals surface area contributed by atoms with Crippen LogP contribution < -0.4 is 4.74 Å². The van der Waals surface area contributed by atoms with Crippen LogP contribution in [0.3, 0.4) is 0 Å². The van der Waals surface area contributed by atoms with E-state index in [9.17, 15) is 0 Å². The maximum absolute atomic E-state index is 8.96. The zero-order valence-electron chi connectivity index (χ0n) is 7.80. The van der Waals surface area contributed by atoms with E-state index in [2.05, 4.69) is 0 Å². The molecule has 1 aromatic carbocycles. The lowest BCUT2D eigenvalue weighted by molar-refractivity contribution is 0.280. The lowest BCUT2D eigenvalue weighted by Gasteiger charge is -2.09. The molecule has 3 heteroatoms. The molecule has 0 unspecified atom stereocenters. The molecule has 0 aliphatic heterocycles. The normalized spacial score (nSPS) is 10.2. The van der Waals surface area contributed by atoms with Gasteiger partial charge in [-0.15, -0.1) is 0 Å². The van der Waals surface area contributed by atoms with E-state index >= 15 is 0 Å². The average Bonchev–Trinajstić information content (AvgIpc) is 2.11. The van der Waals surface area contributed by atoms with Crippen LogP contribution in [-0.4, -0.2) is 11.7 Å². The molecule has 0 radical (unpaired) electrons. The molecular formula is C10H13ClO2. The smallest absolute Gasteiger partial charge is 0.138 e. The first-order valence-electron chi connectivity index (χ1n) is 4.21. The van der Waals surface area contributed by atoms with Crippen LogP contribution in [0.15, 0.2) is 12.1 Å². The number of benzene rings is 1. The van der Waals surface area contributed by atoms with Gasteiger partial charge in [-0.3, -0.25) is 0 Å². The van der Waals surface area contributed by atoms with Crippen molar-refractivity contribution >= 4 is 11.6 Å².